The molecule has 15 heavy (non-hydrogen) atoms. The molecule has 1 rings (SSSR count). The molecule has 1 aromatic rings. The average Bonchev–Trinajstić information content (AvgIpc) is 2.14. The van der Waals surface area contributed by atoms with Crippen molar-refractivity contribution in [1.82, 2.24) is 4.98 Å². The van der Waals surface area contributed by atoms with Crippen molar-refractivity contribution in [2.75, 3.05) is 12.8 Å². The minimum Gasteiger partial charge on any atom is -0.464 e. The largest absolute Gasteiger partial charge is 0.464 e. The molecule has 0 saturated heterocycles. The van der Waals surface area contributed by atoms with Crippen LogP contribution < -0.4 is 5.73 Å². The minimum absolute atomic E-state index is 0.384. The van der Waals surface area contributed by atoms with Gasteiger partial charge in [0.15, 0.2) is 5.69 Å². The van der Waals surface area contributed by atoms with Crippen LogP contribution in [0.2, 0.25) is 0 Å². The number of halogens is 3. The Morgan fingerprint density at radius 2 is 2.07 bits per heavy atom. The number of esters is 1. The van der Waals surface area contributed by atoms with Crippen LogP contribution >= 0.6 is 0 Å². The second-order valence-electron chi connectivity index (χ2n) is 2.66. The van der Waals surface area contributed by atoms with E-state index in [9.17, 15) is 18.0 Å². The molecule has 4 nitrogen and oxygen atoms in total. The lowest BCUT2D eigenvalue weighted by atomic mass is 10.2. The van der Waals surface area contributed by atoms with Gasteiger partial charge in [0.2, 0.25) is 0 Å². The van der Waals surface area contributed by atoms with Crippen molar-refractivity contribution in [3.05, 3.63) is 23.4 Å². The van der Waals surface area contributed by atoms with Gasteiger partial charge in [-0.2, -0.15) is 13.2 Å². The first kappa shape index (κ1) is 11.3. The Kier molecular flexibility index (Phi) is 2.83. The highest BCUT2D eigenvalue weighted by atomic mass is 19.4. The number of rotatable bonds is 1. The number of anilines is 1. The molecule has 1 aromatic heterocycles. The number of alkyl halides is 3. The normalized spacial score (nSPS) is 11.2. The van der Waals surface area contributed by atoms with Crippen molar-refractivity contribution in [2.24, 2.45) is 0 Å². The fourth-order valence-corrected chi connectivity index (χ4v) is 0.925. The van der Waals surface area contributed by atoms with Crippen LogP contribution in [0.3, 0.4) is 0 Å². The number of carbonyl (C=O) groups is 1. The number of pyridine rings is 1. The molecule has 2 N–H and O–H groups in total. The van der Waals surface area contributed by atoms with Gasteiger partial charge >= 0.3 is 12.1 Å². The monoisotopic (exact) mass is 220 g/mol. The van der Waals surface area contributed by atoms with Crippen LogP contribution in [0.4, 0.5) is 19.0 Å². The first-order chi connectivity index (χ1) is 6.84. The van der Waals surface area contributed by atoms with Gasteiger partial charge in [-0.05, 0) is 12.1 Å². The van der Waals surface area contributed by atoms with Gasteiger partial charge in [0.05, 0.1) is 12.7 Å². The second kappa shape index (κ2) is 3.76. The third kappa shape index (κ3) is 2.58. The van der Waals surface area contributed by atoms with Gasteiger partial charge in [-0.3, -0.25) is 0 Å². The van der Waals surface area contributed by atoms with Crippen LogP contribution in [0.1, 0.15) is 16.1 Å². The Hall–Kier alpha value is -1.79. The van der Waals surface area contributed by atoms with E-state index in [-0.39, 0.29) is 5.82 Å². The standard InChI is InChI=1S/C8H7F3N2O2/c1-15-7(14)5-2-4(8(9,10)11)3-6(12)13-5/h2-3H,1H3,(H2,12,13). The molecule has 0 unspecified atom stereocenters. The summed E-state index contributed by atoms with van der Waals surface area (Å²) in [6.45, 7) is 0. The predicted molar refractivity (Wildman–Crippen MR) is 45.0 cm³/mol. The highest BCUT2D eigenvalue weighted by Crippen LogP contribution is 2.30. The fourth-order valence-electron chi connectivity index (χ4n) is 0.925. The molecule has 0 amide bonds. The number of hydrogen-bond acceptors (Lipinski definition) is 4. The number of nitrogens with zero attached hydrogens (tertiary/aromatic N) is 1. The maximum Gasteiger partial charge on any atom is 0.416 e. The Bertz CT molecular complexity index is 390. The maximum atomic E-state index is 12.3. The molecule has 0 aromatic carbocycles. The molecule has 0 fully saturated rings. The van der Waals surface area contributed by atoms with Crippen molar-refractivity contribution >= 4 is 11.8 Å². The molecule has 0 radical (unpaired) electrons. The highest BCUT2D eigenvalue weighted by Gasteiger charge is 2.32. The van der Waals surface area contributed by atoms with E-state index in [2.05, 4.69) is 9.72 Å². The van der Waals surface area contributed by atoms with Gasteiger partial charge < -0.3 is 10.5 Å². The van der Waals surface area contributed by atoms with Crippen molar-refractivity contribution in [1.29, 1.82) is 0 Å². The molecular formula is C8H7F3N2O2. The van der Waals surface area contributed by atoms with E-state index in [0.717, 1.165) is 7.11 Å². The van der Waals surface area contributed by atoms with Gasteiger partial charge in [-0.25, -0.2) is 9.78 Å². The van der Waals surface area contributed by atoms with E-state index in [4.69, 9.17) is 5.73 Å². The highest BCUT2D eigenvalue weighted by molar-refractivity contribution is 5.87. The summed E-state index contributed by atoms with van der Waals surface area (Å²) in [7, 11) is 1.04. The van der Waals surface area contributed by atoms with Crippen molar-refractivity contribution < 1.29 is 22.7 Å². The summed E-state index contributed by atoms with van der Waals surface area (Å²) >= 11 is 0. The Balaban J connectivity index is 3.23. The number of hydrogen-bond donors (Lipinski definition) is 1. The topological polar surface area (TPSA) is 65.2 Å². The number of carbonyl (C=O) groups excluding carboxylic acids is 1. The number of methoxy groups -OCH3 is 1. The van der Waals surface area contributed by atoms with Crippen molar-refractivity contribution in [2.45, 2.75) is 6.18 Å². The minimum atomic E-state index is -4.57. The molecule has 0 aliphatic rings. The van der Waals surface area contributed by atoms with E-state index in [1.54, 1.807) is 0 Å². The summed E-state index contributed by atoms with van der Waals surface area (Å²) in [6.07, 6.45) is -4.57. The van der Waals surface area contributed by atoms with E-state index < -0.39 is 23.4 Å². The second-order valence-corrected chi connectivity index (χ2v) is 2.66. The van der Waals surface area contributed by atoms with E-state index in [1.807, 2.05) is 0 Å². The van der Waals surface area contributed by atoms with Crippen molar-refractivity contribution in [3.63, 3.8) is 0 Å². The summed E-state index contributed by atoms with van der Waals surface area (Å²) < 4.78 is 41.1. The lowest BCUT2D eigenvalue weighted by Gasteiger charge is -2.08. The summed E-state index contributed by atoms with van der Waals surface area (Å²) in [5.41, 5.74) is 3.63. The first-order valence-electron chi connectivity index (χ1n) is 3.77. The van der Waals surface area contributed by atoms with Gasteiger partial charge in [-0.15, -0.1) is 0 Å². The first-order valence-corrected chi connectivity index (χ1v) is 3.77. The molecular weight excluding hydrogens is 213 g/mol. The van der Waals surface area contributed by atoms with Crippen LogP contribution in [0.25, 0.3) is 0 Å². The van der Waals surface area contributed by atoms with Gasteiger partial charge in [0.25, 0.3) is 0 Å². The Labute approximate surface area is 82.9 Å². The van der Waals surface area contributed by atoms with Gasteiger partial charge in [0, 0.05) is 0 Å². The maximum absolute atomic E-state index is 12.3. The van der Waals surface area contributed by atoms with Crippen LogP contribution in [0.15, 0.2) is 12.1 Å². The van der Waals surface area contributed by atoms with Crippen LogP contribution in [0, 0.1) is 0 Å². The summed E-state index contributed by atoms with van der Waals surface area (Å²) in [6, 6.07) is 1.23. The smallest absolute Gasteiger partial charge is 0.416 e. The summed E-state index contributed by atoms with van der Waals surface area (Å²) in [5.74, 6) is -1.35. The molecule has 0 saturated carbocycles. The molecule has 0 bridgehead atoms. The zero-order valence-electron chi connectivity index (χ0n) is 7.63. The molecule has 0 aliphatic heterocycles. The number of nitrogens with two attached hydrogens (primary N) is 1. The number of ether oxygens (including phenoxy) is 1. The zero-order chi connectivity index (χ0) is 11.6. The van der Waals surface area contributed by atoms with Crippen molar-refractivity contribution in [3.8, 4) is 0 Å². The lowest BCUT2D eigenvalue weighted by Crippen LogP contribution is -2.12. The van der Waals surface area contributed by atoms with Gasteiger partial charge in [-0.1, -0.05) is 0 Å². The van der Waals surface area contributed by atoms with E-state index in [1.165, 1.54) is 0 Å². The molecule has 7 heteroatoms. The fraction of sp³-hybridized carbons (Fsp3) is 0.250. The average molecular weight is 220 g/mol. The molecule has 0 aliphatic carbocycles. The Morgan fingerprint density at radius 3 is 2.53 bits per heavy atom. The Morgan fingerprint density at radius 1 is 1.47 bits per heavy atom. The quantitative estimate of drug-likeness (QED) is 0.728. The number of nitrogen functional groups attached to an aromatic ring is 1. The predicted octanol–water partition coefficient (Wildman–Crippen LogP) is 1.47. The van der Waals surface area contributed by atoms with E-state index >= 15 is 0 Å². The number of aromatic nitrogens is 1. The SMILES string of the molecule is COC(=O)c1cc(C(F)(F)F)cc(N)n1. The third-order valence-corrected chi connectivity index (χ3v) is 1.57. The molecule has 82 valence electrons. The lowest BCUT2D eigenvalue weighted by molar-refractivity contribution is -0.137. The molecule has 0 spiro atoms. The summed E-state index contributed by atoms with van der Waals surface area (Å²) in [4.78, 5) is 14.4. The third-order valence-electron chi connectivity index (χ3n) is 1.57. The van der Waals surface area contributed by atoms with E-state index in [0.29, 0.717) is 12.1 Å². The van der Waals surface area contributed by atoms with Crippen LogP contribution in [-0.2, 0) is 10.9 Å². The molecule has 1 heterocycles. The van der Waals surface area contributed by atoms with Crippen LogP contribution in [0.5, 0.6) is 0 Å². The van der Waals surface area contributed by atoms with Gasteiger partial charge in [0.1, 0.15) is 5.82 Å². The van der Waals surface area contributed by atoms with Crippen LogP contribution in [-0.4, -0.2) is 18.1 Å². The summed E-state index contributed by atoms with van der Waals surface area (Å²) in [5, 5.41) is 0. The molecule has 0 atom stereocenters. The zero-order valence-corrected chi connectivity index (χ0v) is 7.63.